The third kappa shape index (κ3) is 3.36. The fraction of sp³-hybridized carbons (Fsp3) is 0.125. The Morgan fingerprint density at radius 3 is 2.54 bits per heavy atom. The predicted octanol–water partition coefficient (Wildman–Crippen LogP) is 2.73. The number of ketones is 1. The zero-order valence-electron chi connectivity index (χ0n) is 12.4. The van der Waals surface area contributed by atoms with Crippen LogP contribution in [-0.4, -0.2) is 37.4 Å². The van der Waals surface area contributed by atoms with Crippen molar-refractivity contribution >= 4 is 44.6 Å². The van der Waals surface area contributed by atoms with Crippen LogP contribution < -0.4 is 0 Å². The number of sulfonamides is 1. The number of fused-ring (bicyclic) bond motifs is 1. The van der Waals surface area contributed by atoms with Gasteiger partial charge in [-0.25, -0.2) is 0 Å². The number of allylic oxidation sites excluding steroid dienone is 2. The molecule has 24 heavy (non-hydrogen) atoms. The molecule has 0 saturated carbocycles. The van der Waals surface area contributed by atoms with E-state index >= 15 is 0 Å². The number of carbonyl (C=O) groups excluding carboxylic acids is 1. The summed E-state index contributed by atoms with van der Waals surface area (Å²) in [4.78, 5) is 12.9. The van der Waals surface area contributed by atoms with E-state index in [1.807, 2.05) is 0 Å². The summed E-state index contributed by atoms with van der Waals surface area (Å²) in [7, 11) is -3.83. The Labute approximate surface area is 147 Å². The molecule has 1 N–H and O–H groups in total. The number of hydrogen-bond acceptors (Lipinski definition) is 6. The number of hydrogen-bond donors (Lipinski definition) is 1. The highest BCUT2D eigenvalue weighted by atomic mass is 32.2. The van der Waals surface area contributed by atoms with Crippen LogP contribution in [0.5, 0.6) is 0 Å². The summed E-state index contributed by atoms with van der Waals surface area (Å²) in [5, 5.41) is 10.6. The maximum Gasteiger partial charge on any atom is 0.292 e. The van der Waals surface area contributed by atoms with E-state index in [2.05, 4.69) is 4.40 Å². The molecule has 2 aromatic rings. The fourth-order valence-electron chi connectivity index (χ4n) is 2.23. The standard InChI is InChI=1S/C16H13NO4S3/c18-7-9-22-14-10-13(11-4-1-2-5-12(11)16(14)19)17-24(20,21)15-6-3-8-23-15/h1-6,8,10,18H,7,9H2/b17-13+. The van der Waals surface area contributed by atoms with E-state index in [1.54, 1.807) is 35.7 Å². The fourth-order valence-corrected chi connectivity index (χ4v) is 4.94. The second-order valence-corrected chi connectivity index (χ2v) is 8.75. The molecule has 8 heteroatoms. The molecule has 124 valence electrons. The number of rotatable bonds is 5. The van der Waals surface area contributed by atoms with Gasteiger partial charge in [-0.15, -0.1) is 23.1 Å². The highest BCUT2D eigenvalue weighted by Crippen LogP contribution is 2.29. The first-order valence-corrected chi connectivity index (χ1v) is 10.3. The van der Waals surface area contributed by atoms with Crippen LogP contribution in [0.15, 0.2) is 61.4 Å². The van der Waals surface area contributed by atoms with E-state index in [4.69, 9.17) is 5.11 Å². The monoisotopic (exact) mass is 379 g/mol. The quantitative estimate of drug-likeness (QED) is 0.864. The van der Waals surface area contributed by atoms with Gasteiger partial charge in [-0.05, 0) is 17.5 Å². The maximum absolute atomic E-state index is 12.5. The van der Waals surface area contributed by atoms with E-state index < -0.39 is 10.0 Å². The lowest BCUT2D eigenvalue weighted by Crippen LogP contribution is -2.17. The molecule has 0 spiro atoms. The van der Waals surface area contributed by atoms with E-state index in [0.717, 1.165) is 11.3 Å². The van der Waals surface area contributed by atoms with Gasteiger partial charge in [0.2, 0.25) is 0 Å². The molecular weight excluding hydrogens is 366 g/mol. The lowest BCUT2D eigenvalue weighted by atomic mass is 9.94. The third-order valence-electron chi connectivity index (χ3n) is 3.26. The van der Waals surface area contributed by atoms with Crippen molar-refractivity contribution in [1.82, 2.24) is 0 Å². The summed E-state index contributed by atoms with van der Waals surface area (Å²) < 4.78 is 29.0. The van der Waals surface area contributed by atoms with Gasteiger partial charge in [0.25, 0.3) is 10.0 Å². The molecule has 0 atom stereocenters. The van der Waals surface area contributed by atoms with E-state index in [-0.39, 0.29) is 22.3 Å². The van der Waals surface area contributed by atoms with Crippen LogP contribution >= 0.6 is 23.1 Å². The van der Waals surface area contributed by atoms with E-state index in [1.165, 1.54) is 23.9 Å². The van der Waals surface area contributed by atoms with Gasteiger partial charge in [-0.3, -0.25) is 4.79 Å². The number of carbonyl (C=O) groups is 1. The van der Waals surface area contributed by atoms with Crippen molar-refractivity contribution in [3.8, 4) is 0 Å². The van der Waals surface area contributed by atoms with Crippen molar-refractivity contribution in [3.63, 3.8) is 0 Å². The molecule has 0 radical (unpaired) electrons. The Hall–Kier alpha value is -1.74. The predicted molar refractivity (Wildman–Crippen MR) is 96.4 cm³/mol. The van der Waals surface area contributed by atoms with Crippen LogP contribution in [0.1, 0.15) is 15.9 Å². The van der Waals surface area contributed by atoms with Crippen LogP contribution in [0, 0.1) is 0 Å². The molecule has 1 heterocycles. The molecule has 5 nitrogen and oxygen atoms in total. The van der Waals surface area contributed by atoms with Crippen molar-refractivity contribution in [2.45, 2.75) is 4.21 Å². The first kappa shape index (κ1) is 17.1. The number of Topliss-reactive ketones (excluding diaryl/α,β-unsaturated/α-hetero) is 1. The number of aliphatic hydroxyl groups excluding tert-OH is 1. The summed E-state index contributed by atoms with van der Waals surface area (Å²) >= 11 is 2.28. The average Bonchev–Trinajstić information content (AvgIpc) is 3.12. The first-order valence-electron chi connectivity index (χ1n) is 7.01. The third-order valence-corrected chi connectivity index (χ3v) is 6.92. The Bertz CT molecular complexity index is 928. The van der Waals surface area contributed by atoms with Gasteiger partial charge in [-0.1, -0.05) is 30.3 Å². The first-order chi connectivity index (χ1) is 11.5. The highest BCUT2D eigenvalue weighted by Gasteiger charge is 2.26. The molecule has 0 fully saturated rings. The summed E-state index contributed by atoms with van der Waals surface area (Å²) in [6, 6.07) is 9.93. The Balaban J connectivity index is 2.12. The van der Waals surface area contributed by atoms with Gasteiger partial charge in [0, 0.05) is 16.9 Å². The average molecular weight is 379 g/mol. The Morgan fingerprint density at radius 2 is 1.88 bits per heavy atom. The van der Waals surface area contributed by atoms with Crippen LogP contribution in [0.2, 0.25) is 0 Å². The van der Waals surface area contributed by atoms with Crippen LogP contribution in [0.25, 0.3) is 0 Å². The van der Waals surface area contributed by atoms with Gasteiger partial charge < -0.3 is 5.11 Å². The minimum Gasteiger partial charge on any atom is -0.396 e. The minimum absolute atomic E-state index is 0.0725. The zero-order valence-corrected chi connectivity index (χ0v) is 14.8. The smallest absolute Gasteiger partial charge is 0.292 e. The highest BCUT2D eigenvalue weighted by molar-refractivity contribution is 8.04. The molecule has 1 aromatic carbocycles. The lowest BCUT2D eigenvalue weighted by Gasteiger charge is -2.16. The second kappa shape index (κ2) is 7.02. The van der Waals surface area contributed by atoms with E-state index in [0.29, 0.717) is 21.8 Å². The molecule has 0 unspecified atom stereocenters. The number of thiophene rings is 1. The molecule has 1 aliphatic rings. The number of aliphatic hydroxyl groups is 1. The number of thioether (sulfide) groups is 1. The van der Waals surface area contributed by atoms with Crippen LogP contribution in [0.4, 0.5) is 0 Å². The molecular formula is C16H13NO4S3. The normalized spacial score (nSPS) is 16.1. The molecule has 0 amide bonds. The van der Waals surface area contributed by atoms with Gasteiger partial charge in [0.15, 0.2) is 5.78 Å². The topological polar surface area (TPSA) is 83.8 Å². The van der Waals surface area contributed by atoms with Crippen molar-refractivity contribution in [1.29, 1.82) is 0 Å². The maximum atomic E-state index is 12.5. The Kier molecular flexibility index (Phi) is 5.00. The SMILES string of the molecule is O=C1C(SCCO)=C/C(=N\S(=O)(=O)c2cccs2)c2ccccc21. The zero-order chi connectivity index (χ0) is 17.2. The van der Waals surface area contributed by atoms with Crippen molar-refractivity contribution in [3.05, 3.63) is 63.9 Å². The summed E-state index contributed by atoms with van der Waals surface area (Å²) in [5.41, 5.74) is 1.15. The van der Waals surface area contributed by atoms with Crippen molar-refractivity contribution in [2.24, 2.45) is 4.40 Å². The largest absolute Gasteiger partial charge is 0.396 e. The Morgan fingerprint density at radius 1 is 1.12 bits per heavy atom. The number of nitrogens with zero attached hydrogens (tertiary/aromatic N) is 1. The van der Waals surface area contributed by atoms with Gasteiger partial charge >= 0.3 is 0 Å². The minimum atomic E-state index is -3.83. The lowest BCUT2D eigenvalue weighted by molar-refractivity contribution is 0.104. The van der Waals surface area contributed by atoms with Crippen molar-refractivity contribution < 1.29 is 18.3 Å². The molecule has 3 rings (SSSR count). The van der Waals surface area contributed by atoms with Gasteiger partial charge in [-0.2, -0.15) is 12.8 Å². The second-order valence-electron chi connectivity index (χ2n) is 4.84. The van der Waals surface area contributed by atoms with Crippen molar-refractivity contribution in [2.75, 3.05) is 12.4 Å². The molecule has 0 saturated heterocycles. The van der Waals surface area contributed by atoms with Gasteiger partial charge in [0.1, 0.15) is 4.21 Å². The van der Waals surface area contributed by atoms with E-state index in [9.17, 15) is 13.2 Å². The molecule has 0 aliphatic heterocycles. The summed E-state index contributed by atoms with van der Waals surface area (Å²) in [5.74, 6) is 0.168. The van der Waals surface area contributed by atoms with Crippen LogP contribution in [0.3, 0.4) is 0 Å². The summed E-state index contributed by atoms with van der Waals surface area (Å²) in [6.07, 6.45) is 1.48. The van der Waals surface area contributed by atoms with Crippen LogP contribution in [-0.2, 0) is 10.0 Å². The molecule has 1 aromatic heterocycles. The molecule has 0 bridgehead atoms. The number of benzene rings is 1. The van der Waals surface area contributed by atoms with Gasteiger partial charge in [0.05, 0.1) is 17.2 Å². The molecule has 1 aliphatic carbocycles. The summed E-state index contributed by atoms with van der Waals surface area (Å²) in [6.45, 7) is -0.0725.